The second kappa shape index (κ2) is 7.85. The summed E-state index contributed by atoms with van der Waals surface area (Å²) in [6.07, 6.45) is 0. The second-order valence-electron chi connectivity index (χ2n) is 5.59. The van der Waals surface area contributed by atoms with Crippen LogP contribution in [0.5, 0.6) is 0 Å². The van der Waals surface area contributed by atoms with Crippen LogP contribution >= 0.6 is 11.8 Å². The van der Waals surface area contributed by atoms with Crippen LogP contribution in [0.3, 0.4) is 0 Å². The first kappa shape index (κ1) is 17.0. The highest BCUT2D eigenvalue weighted by molar-refractivity contribution is 7.99. The largest absolute Gasteiger partial charge is 0.351 e. The number of aryl methyl sites for hydroxylation is 1. The third-order valence-corrected chi connectivity index (χ3v) is 4.58. The maximum atomic E-state index is 12.0. The van der Waals surface area contributed by atoms with Gasteiger partial charge >= 0.3 is 0 Å². The lowest BCUT2D eigenvalue weighted by atomic mass is 10.1. The molecule has 0 fully saturated rings. The monoisotopic (exact) mass is 353 g/mol. The molecule has 3 rings (SSSR count). The summed E-state index contributed by atoms with van der Waals surface area (Å²) in [7, 11) is 0. The third-order valence-electron chi connectivity index (χ3n) is 3.64. The third kappa shape index (κ3) is 4.39. The maximum absolute atomic E-state index is 12.0. The zero-order chi connectivity index (χ0) is 17.6. The molecule has 0 saturated carbocycles. The van der Waals surface area contributed by atoms with Crippen molar-refractivity contribution in [3.05, 3.63) is 65.7 Å². The Balaban J connectivity index is 1.54. The van der Waals surface area contributed by atoms with Crippen LogP contribution in [0.15, 0.2) is 59.8 Å². The minimum Gasteiger partial charge on any atom is -0.351 e. The summed E-state index contributed by atoms with van der Waals surface area (Å²) in [5, 5.41) is 11.6. The van der Waals surface area contributed by atoms with Gasteiger partial charge in [0.15, 0.2) is 5.82 Å². The molecule has 0 unspecified atom stereocenters. The van der Waals surface area contributed by atoms with Crippen LogP contribution in [0.4, 0.5) is 0 Å². The first-order valence-electron chi connectivity index (χ1n) is 7.84. The van der Waals surface area contributed by atoms with Crippen molar-refractivity contribution in [1.82, 2.24) is 20.2 Å². The molecular formula is C18H19N5OS. The van der Waals surface area contributed by atoms with Crippen molar-refractivity contribution < 1.29 is 4.79 Å². The van der Waals surface area contributed by atoms with Gasteiger partial charge in [0.2, 0.25) is 11.1 Å². The van der Waals surface area contributed by atoms with Gasteiger partial charge in [-0.2, -0.15) is 0 Å². The van der Waals surface area contributed by atoms with Gasteiger partial charge in [-0.1, -0.05) is 71.9 Å². The van der Waals surface area contributed by atoms with Gasteiger partial charge in [0.1, 0.15) is 0 Å². The lowest BCUT2D eigenvalue weighted by Gasteiger charge is -2.06. The molecule has 2 aromatic carbocycles. The summed E-state index contributed by atoms with van der Waals surface area (Å²) in [5.74, 6) is 6.77. The molecule has 0 saturated heterocycles. The lowest BCUT2D eigenvalue weighted by Crippen LogP contribution is -2.25. The Hall–Kier alpha value is -2.80. The minimum atomic E-state index is -0.0742. The summed E-state index contributed by atoms with van der Waals surface area (Å²) in [5.41, 5.74) is 3.15. The van der Waals surface area contributed by atoms with E-state index in [0.29, 0.717) is 17.5 Å². The van der Waals surface area contributed by atoms with E-state index in [9.17, 15) is 4.79 Å². The Morgan fingerprint density at radius 3 is 2.56 bits per heavy atom. The molecule has 25 heavy (non-hydrogen) atoms. The summed E-state index contributed by atoms with van der Waals surface area (Å²) in [4.78, 5) is 12.0. The van der Waals surface area contributed by atoms with Gasteiger partial charge in [-0.25, -0.2) is 4.68 Å². The summed E-state index contributed by atoms with van der Waals surface area (Å²) in [6.45, 7) is 2.54. The first-order valence-corrected chi connectivity index (χ1v) is 8.83. The van der Waals surface area contributed by atoms with Crippen LogP contribution in [0.1, 0.15) is 11.1 Å². The average molecular weight is 353 g/mol. The van der Waals surface area contributed by atoms with Crippen molar-refractivity contribution >= 4 is 17.7 Å². The molecule has 128 valence electrons. The standard InChI is InChI=1S/C18H19N5OS/c1-13-7-9-14(10-8-13)11-20-16(24)12-25-18-22-21-17(23(18)19)15-5-3-2-4-6-15/h2-10H,11-12,19H2,1H3,(H,20,24). The molecule has 0 aliphatic carbocycles. The zero-order valence-corrected chi connectivity index (χ0v) is 14.7. The quantitative estimate of drug-likeness (QED) is 0.525. The van der Waals surface area contributed by atoms with Gasteiger partial charge in [0.05, 0.1) is 5.75 Å². The number of hydrogen-bond donors (Lipinski definition) is 2. The van der Waals surface area contributed by atoms with Crippen molar-refractivity contribution in [2.75, 3.05) is 11.6 Å². The van der Waals surface area contributed by atoms with E-state index < -0.39 is 0 Å². The Kier molecular flexibility index (Phi) is 5.35. The molecule has 1 heterocycles. The predicted molar refractivity (Wildman–Crippen MR) is 99.4 cm³/mol. The minimum absolute atomic E-state index is 0.0742. The topological polar surface area (TPSA) is 85.8 Å². The van der Waals surface area contributed by atoms with Crippen molar-refractivity contribution in [1.29, 1.82) is 0 Å². The summed E-state index contributed by atoms with van der Waals surface area (Å²) in [6, 6.07) is 17.6. The number of nitrogens with two attached hydrogens (primary N) is 1. The highest BCUT2D eigenvalue weighted by Gasteiger charge is 2.13. The zero-order valence-electron chi connectivity index (χ0n) is 13.8. The van der Waals surface area contributed by atoms with E-state index in [1.54, 1.807) is 0 Å². The summed E-state index contributed by atoms with van der Waals surface area (Å²) >= 11 is 1.26. The molecule has 0 aliphatic rings. The van der Waals surface area contributed by atoms with Crippen molar-refractivity contribution in [3.63, 3.8) is 0 Å². The van der Waals surface area contributed by atoms with Gasteiger partial charge in [-0.05, 0) is 12.5 Å². The van der Waals surface area contributed by atoms with Gasteiger partial charge in [0, 0.05) is 12.1 Å². The fourth-order valence-electron chi connectivity index (χ4n) is 2.25. The molecule has 1 amide bonds. The number of aromatic nitrogens is 3. The molecule has 0 bridgehead atoms. The number of hydrogen-bond acceptors (Lipinski definition) is 5. The van der Waals surface area contributed by atoms with Crippen LogP contribution in [0, 0.1) is 6.92 Å². The molecule has 1 aromatic heterocycles. The number of nitrogens with one attached hydrogen (secondary N) is 1. The number of thioether (sulfide) groups is 1. The number of carbonyl (C=O) groups is 1. The summed E-state index contributed by atoms with van der Waals surface area (Å²) < 4.78 is 1.41. The highest BCUT2D eigenvalue weighted by atomic mass is 32.2. The molecule has 3 aromatic rings. The van der Waals surface area contributed by atoms with E-state index >= 15 is 0 Å². The van der Waals surface area contributed by atoms with Gasteiger partial charge in [0.25, 0.3) is 0 Å². The maximum Gasteiger partial charge on any atom is 0.230 e. The number of carbonyl (C=O) groups excluding carboxylic acids is 1. The number of amides is 1. The number of benzene rings is 2. The Bertz CT molecular complexity index is 846. The van der Waals surface area contributed by atoms with Crippen LogP contribution in [0.25, 0.3) is 11.4 Å². The first-order chi connectivity index (χ1) is 12.1. The Morgan fingerprint density at radius 1 is 1.12 bits per heavy atom. The van der Waals surface area contributed by atoms with Crippen molar-refractivity contribution in [2.24, 2.45) is 0 Å². The van der Waals surface area contributed by atoms with Crippen LogP contribution in [-0.4, -0.2) is 26.5 Å². The van der Waals surface area contributed by atoms with E-state index in [2.05, 4.69) is 15.5 Å². The smallest absolute Gasteiger partial charge is 0.230 e. The highest BCUT2D eigenvalue weighted by Crippen LogP contribution is 2.21. The normalized spacial score (nSPS) is 10.6. The molecule has 3 N–H and O–H groups in total. The number of rotatable bonds is 6. The molecule has 6 nitrogen and oxygen atoms in total. The molecule has 0 atom stereocenters. The molecule has 0 aliphatic heterocycles. The molecule has 0 radical (unpaired) electrons. The van der Waals surface area contributed by atoms with E-state index in [1.165, 1.54) is 22.0 Å². The van der Waals surface area contributed by atoms with Crippen LogP contribution < -0.4 is 11.2 Å². The van der Waals surface area contributed by atoms with Gasteiger partial charge in [-0.3, -0.25) is 4.79 Å². The molecule has 0 spiro atoms. The van der Waals surface area contributed by atoms with Gasteiger partial charge < -0.3 is 11.2 Å². The van der Waals surface area contributed by atoms with Crippen LogP contribution in [0.2, 0.25) is 0 Å². The number of nitrogens with zero attached hydrogens (tertiary/aromatic N) is 3. The lowest BCUT2D eigenvalue weighted by molar-refractivity contribution is -0.118. The predicted octanol–water partition coefficient (Wildman–Crippen LogP) is 2.38. The fourth-order valence-corrected chi connectivity index (χ4v) is 2.93. The van der Waals surface area contributed by atoms with Crippen molar-refractivity contribution in [2.45, 2.75) is 18.6 Å². The Labute approximate surface area is 150 Å². The average Bonchev–Trinajstić information content (AvgIpc) is 3.01. The molecule has 7 heteroatoms. The SMILES string of the molecule is Cc1ccc(CNC(=O)CSc2nnc(-c3ccccc3)n2N)cc1. The van der Waals surface area contributed by atoms with E-state index in [0.717, 1.165) is 11.1 Å². The van der Waals surface area contributed by atoms with Crippen molar-refractivity contribution in [3.8, 4) is 11.4 Å². The van der Waals surface area contributed by atoms with E-state index in [1.807, 2.05) is 61.5 Å². The van der Waals surface area contributed by atoms with E-state index in [4.69, 9.17) is 5.84 Å². The fraction of sp³-hybridized carbons (Fsp3) is 0.167. The second-order valence-corrected chi connectivity index (χ2v) is 6.54. The van der Waals surface area contributed by atoms with E-state index in [-0.39, 0.29) is 11.7 Å². The Morgan fingerprint density at radius 2 is 1.84 bits per heavy atom. The molecular weight excluding hydrogens is 334 g/mol. The van der Waals surface area contributed by atoms with Gasteiger partial charge in [-0.15, -0.1) is 10.2 Å². The number of nitrogen functional groups attached to an aromatic ring is 1. The van der Waals surface area contributed by atoms with Crippen LogP contribution in [-0.2, 0) is 11.3 Å².